The molecule has 0 N–H and O–H groups in total. The third-order valence-electron chi connectivity index (χ3n) is 5.92. The molecule has 1 saturated carbocycles. The number of esters is 2. The van der Waals surface area contributed by atoms with E-state index in [9.17, 15) is 9.59 Å². The number of allylic oxidation sites excluding steroid dienone is 2. The van der Waals surface area contributed by atoms with E-state index in [2.05, 4.69) is 33.4 Å². The van der Waals surface area contributed by atoms with Crippen LogP contribution in [0.5, 0.6) is 0 Å². The van der Waals surface area contributed by atoms with Gasteiger partial charge in [-0.1, -0.05) is 45.9 Å². The Balaban J connectivity index is 1.88. The highest BCUT2D eigenvalue weighted by Gasteiger charge is 2.54. The second kappa shape index (κ2) is 6.84. The maximum absolute atomic E-state index is 11.9. The fraction of sp³-hybridized carbons (Fsp3) is 0.714. The minimum absolute atomic E-state index is 0.0725. The van der Waals surface area contributed by atoms with Gasteiger partial charge >= 0.3 is 11.9 Å². The highest BCUT2D eigenvalue weighted by atomic mass is 16.8. The molecule has 3 aliphatic rings. The SMILES string of the molecule is C=C/C(=C\[C@@]1(C)CCCC(C)(C)C1)C1[C@@H]2OC(=O)C[C@H]1[C@H](OC(C)=O)O2. The minimum Gasteiger partial charge on any atom is -0.435 e. The highest BCUT2D eigenvalue weighted by Crippen LogP contribution is 2.50. The van der Waals surface area contributed by atoms with Crippen molar-refractivity contribution in [1.82, 2.24) is 0 Å². The van der Waals surface area contributed by atoms with Gasteiger partial charge in [0.2, 0.25) is 12.6 Å². The molecule has 0 aromatic heterocycles. The third kappa shape index (κ3) is 3.88. The Morgan fingerprint density at radius 3 is 2.65 bits per heavy atom. The topological polar surface area (TPSA) is 61.8 Å². The lowest BCUT2D eigenvalue weighted by Gasteiger charge is -2.42. The predicted octanol–water partition coefficient (Wildman–Crippen LogP) is 4.13. The van der Waals surface area contributed by atoms with Crippen molar-refractivity contribution in [3.05, 3.63) is 24.3 Å². The molecule has 1 aliphatic carbocycles. The summed E-state index contributed by atoms with van der Waals surface area (Å²) in [5, 5.41) is 0. The number of fused-ring (bicyclic) bond motifs is 2. The van der Waals surface area contributed by atoms with Crippen molar-refractivity contribution in [1.29, 1.82) is 0 Å². The molecule has 0 aromatic carbocycles. The second-order valence-electron chi connectivity index (χ2n) is 9.06. The van der Waals surface area contributed by atoms with E-state index in [0.29, 0.717) is 5.41 Å². The van der Waals surface area contributed by atoms with Gasteiger partial charge in [0.15, 0.2) is 0 Å². The number of carbonyl (C=O) groups excluding carboxylic acids is 2. The van der Waals surface area contributed by atoms with Crippen LogP contribution in [-0.4, -0.2) is 24.5 Å². The van der Waals surface area contributed by atoms with E-state index >= 15 is 0 Å². The standard InChI is InChI=1S/C21H30O5/c1-6-14(11-21(5)9-7-8-20(3,4)12-21)17-15-10-16(23)25-19(17)26-18(15)24-13(2)22/h6,11,15,17-19H,1,7-10,12H2,2-5H3/b14-11+/t15-,17?,18-,19-,21-/m1/s1. The van der Waals surface area contributed by atoms with Gasteiger partial charge in [0.05, 0.1) is 12.3 Å². The van der Waals surface area contributed by atoms with Gasteiger partial charge in [-0.3, -0.25) is 9.59 Å². The van der Waals surface area contributed by atoms with Crippen LogP contribution >= 0.6 is 0 Å². The summed E-state index contributed by atoms with van der Waals surface area (Å²) in [6.07, 6.45) is 7.54. The number of rotatable bonds is 4. The molecule has 3 fully saturated rings. The van der Waals surface area contributed by atoms with Crippen LogP contribution in [-0.2, 0) is 23.8 Å². The van der Waals surface area contributed by atoms with Crippen LogP contribution in [0.4, 0.5) is 0 Å². The van der Waals surface area contributed by atoms with E-state index in [-0.39, 0.29) is 29.6 Å². The molecule has 2 bridgehead atoms. The largest absolute Gasteiger partial charge is 0.435 e. The molecule has 144 valence electrons. The van der Waals surface area contributed by atoms with Crippen LogP contribution in [0.2, 0.25) is 0 Å². The van der Waals surface area contributed by atoms with E-state index < -0.39 is 18.5 Å². The van der Waals surface area contributed by atoms with Crippen LogP contribution in [0.15, 0.2) is 24.3 Å². The van der Waals surface area contributed by atoms with Crippen LogP contribution < -0.4 is 0 Å². The zero-order chi connectivity index (χ0) is 19.1. The van der Waals surface area contributed by atoms with Gasteiger partial charge in [-0.2, -0.15) is 0 Å². The van der Waals surface area contributed by atoms with Crippen molar-refractivity contribution in [3.63, 3.8) is 0 Å². The summed E-state index contributed by atoms with van der Waals surface area (Å²) in [5.74, 6) is -1.09. The first-order chi connectivity index (χ1) is 12.1. The number of hydrogen-bond acceptors (Lipinski definition) is 5. The number of ether oxygens (including phenoxy) is 3. The quantitative estimate of drug-likeness (QED) is 0.556. The Hall–Kier alpha value is -1.62. The summed E-state index contributed by atoms with van der Waals surface area (Å²) in [5.41, 5.74) is 1.41. The molecule has 2 saturated heterocycles. The lowest BCUT2D eigenvalue weighted by atomic mass is 9.63. The lowest BCUT2D eigenvalue weighted by molar-refractivity contribution is -0.206. The molecule has 2 heterocycles. The Bertz CT molecular complexity index is 634. The molecular weight excluding hydrogens is 332 g/mol. The summed E-state index contributed by atoms with van der Waals surface area (Å²) in [6.45, 7) is 12.3. The first-order valence-electron chi connectivity index (χ1n) is 9.50. The summed E-state index contributed by atoms with van der Waals surface area (Å²) in [4.78, 5) is 23.3. The van der Waals surface area contributed by atoms with Gasteiger partial charge in [0.25, 0.3) is 0 Å². The first kappa shape index (κ1) is 19.2. The van der Waals surface area contributed by atoms with E-state index in [1.807, 2.05) is 6.08 Å². The highest BCUT2D eigenvalue weighted by molar-refractivity contribution is 5.72. The smallest absolute Gasteiger partial charge is 0.308 e. The summed E-state index contributed by atoms with van der Waals surface area (Å²) >= 11 is 0. The normalized spacial score (nSPS) is 39.2. The van der Waals surface area contributed by atoms with Gasteiger partial charge in [0, 0.05) is 12.8 Å². The fourth-order valence-electron chi connectivity index (χ4n) is 5.12. The van der Waals surface area contributed by atoms with Crippen molar-refractivity contribution < 1.29 is 23.8 Å². The van der Waals surface area contributed by atoms with Crippen molar-refractivity contribution in [2.24, 2.45) is 22.7 Å². The maximum atomic E-state index is 11.9. The Kier molecular flexibility index (Phi) is 5.04. The lowest BCUT2D eigenvalue weighted by Crippen LogP contribution is -2.36. The number of carbonyl (C=O) groups is 2. The van der Waals surface area contributed by atoms with Crippen molar-refractivity contribution in [2.45, 2.75) is 72.4 Å². The monoisotopic (exact) mass is 362 g/mol. The van der Waals surface area contributed by atoms with E-state index in [1.54, 1.807) is 0 Å². The molecule has 5 nitrogen and oxygen atoms in total. The molecule has 1 unspecified atom stereocenters. The molecule has 26 heavy (non-hydrogen) atoms. The number of hydrogen-bond donors (Lipinski definition) is 0. The first-order valence-corrected chi connectivity index (χ1v) is 9.50. The van der Waals surface area contributed by atoms with Gasteiger partial charge in [-0.25, -0.2) is 0 Å². The summed E-state index contributed by atoms with van der Waals surface area (Å²) < 4.78 is 16.4. The Morgan fingerprint density at radius 2 is 2.04 bits per heavy atom. The minimum atomic E-state index is -0.743. The van der Waals surface area contributed by atoms with Crippen LogP contribution in [0, 0.1) is 22.7 Å². The van der Waals surface area contributed by atoms with Gasteiger partial charge in [0.1, 0.15) is 0 Å². The van der Waals surface area contributed by atoms with Crippen molar-refractivity contribution in [2.75, 3.05) is 0 Å². The molecule has 5 heteroatoms. The van der Waals surface area contributed by atoms with E-state index in [4.69, 9.17) is 14.2 Å². The maximum Gasteiger partial charge on any atom is 0.308 e. The molecule has 5 atom stereocenters. The Labute approximate surface area is 155 Å². The second-order valence-corrected chi connectivity index (χ2v) is 9.06. The molecular formula is C21H30O5. The molecule has 0 amide bonds. The van der Waals surface area contributed by atoms with Gasteiger partial charge < -0.3 is 14.2 Å². The van der Waals surface area contributed by atoms with Crippen LogP contribution in [0.3, 0.4) is 0 Å². The van der Waals surface area contributed by atoms with Gasteiger partial charge in [-0.15, -0.1) is 0 Å². The fourth-order valence-corrected chi connectivity index (χ4v) is 5.12. The summed E-state index contributed by atoms with van der Waals surface area (Å²) in [7, 11) is 0. The third-order valence-corrected chi connectivity index (χ3v) is 5.92. The van der Waals surface area contributed by atoms with Crippen LogP contribution in [0.1, 0.15) is 59.8 Å². The molecule has 0 spiro atoms. The predicted molar refractivity (Wildman–Crippen MR) is 96.8 cm³/mol. The Morgan fingerprint density at radius 1 is 1.31 bits per heavy atom. The van der Waals surface area contributed by atoms with Crippen molar-refractivity contribution in [3.8, 4) is 0 Å². The molecule has 3 rings (SSSR count). The van der Waals surface area contributed by atoms with Crippen molar-refractivity contribution >= 4 is 11.9 Å². The molecule has 2 aliphatic heterocycles. The average Bonchev–Trinajstić information content (AvgIpc) is 2.71. The van der Waals surface area contributed by atoms with E-state index in [1.165, 1.54) is 19.8 Å². The zero-order valence-corrected chi connectivity index (χ0v) is 16.2. The van der Waals surface area contributed by atoms with Crippen LogP contribution in [0.25, 0.3) is 0 Å². The average molecular weight is 362 g/mol. The van der Waals surface area contributed by atoms with E-state index in [0.717, 1.165) is 18.4 Å². The molecule has 0 radical (unpaired) electrons. The zero-order valence-electron chi connectivity index (χ0n) is 16.2. The summed E-state index contributed by atoms with van der Waals surface area (Å²) in [6, 6.07) is 0. The molecule has 0 aromatic rings. The van der Waals surface area contributed by atoms with Gasteiger partial charge in [-0.05, 0) is 35.7 Å².